The second-order valence-electron chi connectivity index (χ2n) is 6.32. The lowest BCUT2D eigenvalue weighted by Gasteiger charge is -2.15. The Balaban J connectivity index is 1.38. The third-order valence-electron chi connectivity index (χ3n) is 4.63. The predicted octanol–water partition coefficient (Wildman–Crippen LogP) is 2.35. The van der Waals surface area contributed by atoms with Gasteiger partial charge in [0.15, 0.2) is 5.65 Å². The molecule has 2 heterocycles. The number of pyridine rings is 1. The van der Waals surface area contributed by atoms with Crippen LogP contribution in [0.2, 0.25) is 0 Å². The van der Waals surface area contributed by atoms with Crippen LogP contribution in [0.3, 0.4) is 0 Å². The van der Waals surface area contributed by atoms with Gasteiger partial charge in [0.1, 0.15) is 5.82 Å². The molecule has 110 valence electrons. The van der Waals surface area contributed by atoms with Gasteiger partial charge in [-0.2, -0.15) is 5.10 Å². The summed E-state index contributed by atoms with van der Waals surface area (Å²) < 4.78 is 1.68. The minimum absolute atomic E-state index is 0.141. The topological polar surface area (TPSA) is 71.3 Å². The number of carbonyl (C=O) groups is 1. The van der Waals surface area contributed by atoms with Crippen molar-refractivity contribution in [3.05, 3.63) is 24.2 Å². The monoisotopic (exact) mass is 285 g/mol. The van der Waals surface area contributed by atoms with Crippen LogP contribution in [0, 0.1) is 18.3 Å². The molecule has 21 heavy (non-hydrogen) atoms. The molecule has 0 spiro atoms. The summed E-state index contributed by atoms with van der Waals surface area (Å²) >= 11 is 0. The molecule has 2 saturated carbocycles. The zero-order valence-corrected chi connectivity index (χ0v) is 12.1. The lowest BCUT2D eigenvalue weighted by molar-refractivity contribution is 0.248. The lowest BCUT2D eigenvalue weighted by Crippen LogP contribution is -2.34. The molecule has 0 aromatic carbocycles. The number of carbonyl (C=O) groups excluding carboxylic acids is 1. The third-order valence-corrected chi connectivity index (χ3v) is 4.63. The quantitative estimate of drug-likeness (QED) is 0.905. The number of nitrogens with zero attached hydrogens (tertiary/aromatic N) is 3. The fraction of sp³-hybridized carbons (Fsp3) is 0.533. The van der Waals surface area contributed by atoms with Crippen LogP contribution >= 0.6 is 0 Å². The van der Waals surface area contributed by atoms with E-state index in [1.54, 1.807) is 10.7 Å². The number of aromatic nitrogens is 3. The Bertz CT molecular complexity index is 699. The first-order valence-corrected chi connectivity index (χ1v) is 7.53. The van der Waals surface area contributed by atoms with E-state index in [1.165, 1.54) is 25.7 Å². The Morgan fingerprint density at radius 3 is 2.95 bits per heavy atom. The summed E-state index contributed by atoms with van der Waals surface area (Å²) in [4.78, 5) is 16.3. The van der Waals surface area contributed by atoms with E-state index in [-0.39, 0.29) is 6.03 Å². The number of anilines is 1. The Morgan fingerprint density at radius 1 is 1.43 bits per heavy atom. The number of aryl methyl sites for hydroxylation is 1. The molecule has 4 rings (SSSR count). The van der Waals surface area contributed by atoms with E-state index in [1.807, 2.05) is 19.1 Å². The average molecular weight is 285 g/mol. The molecule has 6 nitrogen and oxygen atoms in total. The van der Waals surface area contributed by atoms with Crippen molar-refractivity contribution in [3.8, 4) is 0 Å². The van der Waals surface area contributed by atoms with E-state index >= 15 is 0 Å². The Hall–Kier alpha value is -2.11. The van der Waals surface area contributed by atoms with Gasteiger partial charge in [0, 0.05) is 6.54 Å². The van der Waals surface area contributed by atoms with Crippen molar-refractivity contribution >= 4 is 17.4 Å². The summed E-state index contributed by atoms with van der Waals surface area (Å²) in [5, 5.41) is 10.1. The molecule has 2 fully saturated rings. The zero-order chi connectivity index (χ0) is 14.4. The van der Waals surface area contributed by atoms with Crippen LogP contribution in [0.4, 0.5) is 10.5 Å². The minimum atomic E-state index is -0.141. The number of hydrogen-bond donors (Lipinski definition) is 2. The molecule has 6 heteroatoms. The van der Waals surface area contributed by atoms with Crippen molar-refractivity contribution in [2.45, 2.75) is 32.6 Å². The van der Waals surface area contributed by atoms with Gasteiger partial charge in [0.05, 0.1) is 11.9 Å². The molecule has 0 aliphatic heterocycles. The van der Waals surface area contributed by atoms with Gasteiger partial charge in [0.2, 0.25) is 0 Å². The van der Waals surface area contributed by atoms with Crippen molar-refractivity contribution in [1.29, 1.82) is 0 Å². The maximum Gasteiger partial charge on any atom is 0.319 e. The molecule has 2 N–H and O–H groups in total. The molecule has 2 aromatic heterocycles. The summed E-state index contributed by atoms with van der Waals surface area (Å²) in [6, 6.07) is 3.55. The summed E-state index contributed by atoms with van der Waals surface area (Å²) in [6.07, 6.45) is 6.99. The molecule has 2 aliphatic rings. The summed E-state index contributed by atoms with van der Waals surface area (Å²) in [5.74, 6) is 1.57. The highest BCUT2D eigenvalue weighted by Gasteiger charge is 2.53. The van der Waals surface area contributed by atoms with Gasteiger partial charge in [-0.3, -0.25) is 0 Å². The summed E-state index contributed by atoms with van der Waals surface area (Å²) in [5.41, 5.74) is 1.93. The van der Waals surface area contributed by atoms with E-state index in [0.29, 0.717) is 5.41 Å². The van der Waals surface area contributed by atoms with Crippen LogP contribution in [0.25, 0.3) is 5.65 Å². The van der Waals surface area contributed by atoms with Gasteiger partial charge in [-0.25, -0.2) is 14.3 Å². The highest BCUT2D eigenvalue weighted by Crippen LogP contribution is 2.60. The van der Waals surface area contributed by atoms with Gasteiger partial charge in [0.25, 0.3) is 0 Å². The maximum absolute atomic E-state index is 12.0. The third kappa shape index (κ3) is 2.46. The van der Waals surface area contributed by atoms with Crippen molar-refractivity contribution in [2.75, 3.05) is 11.9 Å². The van der Waals surface area contributed by atoms with Gasteiger partial charge < -0.3 is 10.6 Å². The number of nitrogens with one attached hydrogen (secondary N) is 2. The number of urea groups is 1. The molecule has 0 saturated heterocycles. The highest BCUT2D eigenvalue weighted by molar-refractivity contribution is 5.89. The molecular weight excluding hydrogens is 266 g/mol. The van der Waals surface area contributed by atoms with Crippen LogP contribution in [0.5, 0.6) is 0 Å². The standard InChI is InChI=1S/C15H19N5O/c1-10-17-13-5-4-12(8-20(13)19-10)18-14(21)16-9-15(6-7-15)11-2-3-11/h4-5,8,11H,2-3,6-7,9H2,1H3,(H2,16,18,21). The first-order chi connectivity index (χ1) is 10.1. The van der Waals surface area contributed by atoms with E-state index in [2.05, 4.69) is 20.7 Å². The SMILES string of the molecule is Cc1nc2ccc(NC(=O)NCC3(C4CC4)CC3)cn2n1. The Labute approximate surface area is 122 Å². The van der Waals surface area contributed by atoms with Crippen molar-refractivity contribution in [2.24, 2.45) is 11.3 Å². The summed E-state index contributed by atoms with van der Waals surface area (Å²) in [7, 11) is 0. The molecule has 2 aromatic rings. The molecule has 0 atom stereocenters. The minimum Gasteiger partial charge on any atom is -0.337 e. The molecule has 2 amide bonds. The number of rotatable bonds is 4. The Kier molecular flexibility index (Phi) is 2.67. The molecule has 0 radical (unpaired) electrons. The van der Waals surface area contributed by atoms with Crippen LogP contribution in [-0.4, -0.2) is 27.2 Å². The molecular formula is C15H19N5O. The molecule has 0 bridgehead atoms. The zero-order valence-electron chi connectivity index (χ0n) is 12.1. The van der Waals surface area contributed by atoms with Gasteiger partial charge in [-0.1, -0.05) is 0 Å². The van der Waals surface area contributed by atoms with Crippen molar-refractivity contribution < 1.29 is 4.79 Å². The second-order valence-corrected chi connectivity index (χ2v) is 6.32. The second kappa shape index (κ2) is 4.44. The largest absolute Gasteiger partial charge is 0.337 e. The van der Waals surface area contributed by atoms with E-state index in [4.69, 9.17) is 0 Å². The van der Waals surface area contributed by atoms with Crippen molar-refractivity contribution in [3.63, 3.8) is 0 Å². The smallest absolute Gasteiger partial charge is 0.319 e. The van der Waals surface area contributed by atoms with Crippen molar-refractivity contribution in [1.82, 2.24) is 19.9 Å². The van der Waals surface area contributed by atoms with E-state index in [0.717, 1.165) is 29.6 Å². The number of amides is 2. The van der Waals surface area contributed by atoms with Gasteiger partial charge in [-0.15, -0.1) is 0 Å². The fourth-order valence-electron chi connectivity index (χ4n) is 3.09. The first kappa shape index (κ1) is 12.6. The van der Waals surface area contributed by atoms with Crippen LogP contribution in [0.1, 0.15) is 31.5 Å². The lowest BCUT2D eigenvalue weighted by atomic mass is 10.0. The normalized spacial score (nSPS) is 19.5. The van der Waals surface area contributed by atoms with Crippen LogP contribution in [0.15, 0.2) is 18.3 Å². The van der Waals surface area contributed by atoms with Gasteiger partial charge >= 0.3 is 6.03 Å². The maximum atomic E-state index is 12.0. The average Bonchev–Trinajstić information content (AvgIpc) is 3.33. The number of hydrogen-bond acceptors (Lipinski definition) is 3. The van der Waals surface area contributed by atoms with Crippen LogP contribution in [-0.2, 0) is 0 Å². The molecule has 0 unspecified atom stereocenters. The van der Waals surface area contributed by atoms with E-state index < -0.39 is 0 Å². The molecule has 2 aliphatic carbocycles. The Morgan fingerprint density at radius 2 is 2.24 bits per heavy atom. The van der Waals surface area contributed by atoms with Crippen LogP contribution < -0.4 is 10.6 Å². The highest BCUT2D eigenvalue weighted by atomic mass is 16.2. The number of fused-ring (bicyclic) bond motifs is 1. The van der Waals surface area contributed by atoms with Gasteiger partial charge in [-0.05, 0) is 56.1 Å². The predicted molar refractivity (Wildman–Crippen MR) is 79.1 cm³/mol. The first-order valence-electron chi connectivity index (χ1n) is 7.53. The van der Waals surface area contributed by atoms with E-state index in [9.17, 15) is 4.79 Å². The summed E-state index contributed by atoms with van der Waals surface area (Å²) in [6.45, 7) is 2.65. The fourth-order valence-corrected chi connectivity index (χ4v) is 3.09.